The number of aliphatic hydroxyl groups is 1. The number of para-hydroxylation sites is 1. The van der Waals surface area contributed by atoms with E-state index in [1.807, 2.05) is 32.0 Å². The second kappa shape index (κ2) is 6.59. The molecule has 0 spiro atoms. The summed E-state index contributed by atoms with van der Waals surface area (Å²) in [5.74, 6) is 1.12. The molecule has 1 heterocycles. The third-order valence-electron chi connectivity index (χ3n) is 4.96. The molecular formula is C19H26N4O2. The highest BCUT2D eigenvalue weighted by Crippen LogP contribution is 2.39. The standard InChI is InChI=1S/C19H26N4O2/c1-12(2)15-7-5-6-8-16(15)23-13(3)20-17(22-23)18(25)21-19(4,11-24)14-9-10-14/h5-8,12,14,24H,9-11H2,1-4H3,(H,21,25). The maximum Gasteiger partial charge on any atom is 0.291 e. The maximum absolute atomic E-state index is 12.6. The van der Waals surface area contributed by atoms with Gasteiger partial charge in [0, 0.05) is 0 Å². The summed E-state index contributed by atoms with van der Waals surface area (Å²) < 4.78 is 1.72. The Kier molecular flexibility index (Phi) is 4.64. The summed E-state index contributed by atoms with van der Waals surface area (Å²) in [5.41, 5.74) is 1.49. The summed E-state index contributed by atoms with van der Waals surface area (Å²) in [6, 6.07) is 8.01. The minimum Gasteiger partial charge on any atom is -0.394 e. The van der Waals surface area contributed by atoms with Crippen LogP contribution in [0.25, 0.3) is 5.69 Å². The molecule has 2 aromatic rings. The van der Waals surface area contributed by atoms with Crippen LogP contribution in [0, 0.1) is 12.8 Å². The molecule has 0 radical (unpaired) electrons. The molecule has 1 saturated carbocycles. The summed E-state index contributed by atoms with van der Waals surface area (Å²) in [7, 11) is 0. The zero-order valence-electron chi connectivity index (χ0n) is 15.3. The Balaban J connectivity index is 1.89. The molecular weight excluding hydrogens is 316 g/mol. The topological polar surface area (TPSA) is 80.0 Å². The van der Waals surface area contributed by atoms with Gasteiger partial charge in [0.1, 0.15) is 5.82 Å². The summed E-state index contributed by atoms with van der Waals surface area (Å²) in [5, 5.41) is 17.0. The van der Waals surface area contributed by atoms with Crippen molar-refractivity contribution in [3.8, 4) is 5.69 Å². The normalized spacial score (nSPS) is 16.7. The predicted molar refractivity (Wildman–Crippen MR) is 95.9 cm³/mol. The van der Waals surface area contributed by atoms with Gasteiger partial charge in [-0.1, -0.05) is 32.0 Å². The Hall–Kier alpha value is -2.21. The van der Waals surface area contributed by atoms with Gasteiger partial charge in [-0.2, -0.15) is 0 Å². The van der Waals surface area contributed by atoms with E-state index in [9.17, 15) is 9.90 Å². The third-order valence-corrected chi connectivity index (χ3v) is 4.96. The van der Waals surface area contributed by atoms with Gasteiger partial charge in [-0.05, 0) is 50.2 Å². The van der Waals surface area contributed by atoms with Crippen molar-refractivity contribution in [1.29, 1.82) is 0 Å². The molecule has 1 aliphatic rings. The first-order valence-electron chi connectivity index (χ1n) is 8.82. The quantitative estimate of drug-likeness (QED) is 0.845. The summed E-state index contributed by atoms with van der Waals surface area (Å²) >= 11 is 0. The fourth-order valence-electron chi connectivity index (χ4n) is 3.19. The third kappa shape index (κ3) is 3.44. The highest BCUT2D eigenvalue weighted by Gasteiger charge is 2.42. The maximum atomic E-state index is 12.6. The zero-order valence-corrected chi connectivity index (χ0v) is 15.3. The van der Waals surface area contributed by atoms with Gasteiger partial charge in [0.2, 0.25) is 5.82 Å². The van der Waals surface area contributed by atoms with Crippen LogP contribution in [0.1, 0.15) is 61.5 Å². The zero-order chi connectivity index (χ0) is 18.2. The van der Waals surface area contributed by atoms with E-state index in [2.05, 4.69) is 35.3 Å². The number of nitrogens with one attached hydrogen (secondary N) is 1. The first kappa shape index (κ1) is 17.6. The van der Waals surface area contributed by atoms with Crippen LogP contribution in [0.15, 0.2) is 24.3 Å². The van der Waals surface area contributed by atoms with Crippen LogP contribution >= 0.6 is 0 Å². The van der Waals surface area contributed by atoms with E-state index in [0.717, 1.165) is 24.1 Å². The number of carbonyl (C=O) groups is 1. The number of aliphatic hydroxyl groups excluding tert-OH is 1. The van der Waals surface area contributed by atoms with Gasteiger partial charge in [0.15, 0.2) is 0 Å². The molecule has 1 aromatic carbocycles. The highest BCUT2D eigenvalue weighted by molar-refractivity contribution is 5.91. The summed E-state index contributed by atoms with van der Waals surface area (Å²) in [6.45, 7) is 7.88. The van der Waals surface area contributed by atoms with Crippen LogP contribution in [-0.2, 0) is 0 Å². The van der Waals surface area contributed by atoms with E-state index in [1.54, 1.807) is 4.68 Å². The molecule has 6 heteroatoms. The van der Waals surface area contributed by atoms with Gasteiger partial charge >= 0.3 is 0 Å². The van der Waals surface area contributed by atoms with Gasteiger partial charge < -0.3 is 10.4 Å². The van der Waals surface area contributed by atoms with E-state index < -0.39 is 5.54 Å². The van der Waals surface area contributed by atoms with Crippen LogP contribution in [0.3, 0.4) is 0 Å². The van der Waals surface area contributed by atoms with Crippen molar-refractivity contribution in [2.24, 2.45) is 5.92 Å². The summed E-state index contributed by atoms with van der Waals surface area (Å²) in [4.78, 5) is 17.0. The molecule has 6 nitrogen and oxygen atoms in total. The highest BCUT2D eigenvalue weighted by atomic mass is 16.3. The van der Waals surface area contributed by atoms with Crippen molar-refractivity contribution < 1.29 is 9.90 Å². The molecule has 1 unspecified atom stereocenters. The predicted octanol–water partition coefficient (Wildman–Crippen LogP) is 2.59. The number of benzene rings is 1. The molecule has 1 aromatic heterocycles. The van der Waals surface area contributed by atoms with Crippen LogP contribution in [0.5, 0.6) is 0 Å². The van der Waals surface area contributed by atoms with Crippen molar-refractivity contribution in [2.45, 2.75) is 52.0 Å². The van der Waals surface area contributed by atoms with Gasteiger partial charge in [0.25, 0.3) is 5.91 Å². The Morgan fingerprint density at radius 3 is 2.68 bits per heavy atom. The Bertz CT molecular complexity index is 779. The van der Waals surface area contributed by atoms with E-state index in [0.29, 0.717) is 17.7 Å². The van der Waals surface area contributed by atoms with Crippen molar-refractivity contribution >= 4 is 5.91 Å². The Labute approximate surface area is 148 Å². The largest absolute Gasteiger partial charge is 0.394 e. The van der Waals surface area contributed by atoms with Gasteiger partial charge in [-0.15, -0.1) is 5.10 Å². The van der Waals surface area contributed by atoms with Crippen LogP contribution in [0.4, 0.5) is 0 Å². The van der Waals surface area contributed by atoms with Crippen LogP contribution < -0.4 is 5.32 Å². The van der Waals surface area contributed by atoms with Gasteiger partial charge in [0.05, 0.1) is 17.8 Å². The molecule has 1 fully saturated rings. The molecule has 134 valence electrons. The molecule has 2 N–H and O–H groups in total. The number of amides is 1. The van der Waals surface area contributed by atoms with E-state index >= 15 is 0 Å². The monoisotopic (exact) mass is 342 g/mol. The molecule has 0 saturated heterocycles. The second-order valence-corrected chi connectivity index (χ2v) is 7.41. The lowest BCUT2D eigenvalue weighted by Crippen LogP contribution is -2.51. The molecule has 3 rings (SSSR count). The summed E-state index contributed by atoms with van der Waals surface area (Å²) in [6.07, 6.45) is 2.06. The number of nitrogens with zero attached hydrogens (tertiary/aromatic N) is 3. The van der Waals surface area contributed by atoms with Crippen molar-refractivity contribution in [1.82, 2.24) is 20.1 Å². The van der Waals surface area contributed by atoms with Crippen molar-refractivity contribution in [3.05, 3.63) is 41.5 Å². The van der Waals surface area contributed by atoms with Crippen molar-refractivity contribution in [2.75, 3.05) is 6.61 Å². The minimum absolute atomic E-state index is 0.0840. The second-order valence-electron chi connectivity index (χ2n) is 7.41. The number of rotatable bonds is 6. The molecule has 0 aliphatic heterocycles. The fourth-order valence-corrected chi connectivity index (χ4v) is 3.19. The van der Waals surface area contributed by atoms with Crippen LogP contribution in [-0.4, -0.2) is 37.9 Å². The first-order chi connectivity index (χ1) is 11.9. The first-order valence-corrected chi connectivity index (χ1v) is 8.82. The smallest absolute Gasteiger partial charge is 0.291 e. The van der Waals surface area contributed by atoms with Crippen LogP contribution in [0.2, 0.25) is 0 Å². The lowest BCUT2D eigenvalue weighted by Gasteiger charge is -2.28. The number of aromatic nitrogens is 3. The fraction of sp³-hybridized carbons (Fsp3) is 0.526. The van der Waals surface area contributed by atoms with E-state index in [4.69, 9.17) is 0 Å². The van der Waals surface area contributed by atoms with Crippen molar-refractivity contribution in [3.63, 3.8) is 0 Å². The Morgan fingerprint density at radius 2 is 2.08 bits per heavy atom. The lowest BCUT2D eigenvalue weighted by atomic mass is 9.97. The Morgan fingerprint density at radius 1 is 1.40 bits per heavy atom. The number of carbonyl (C=O) groups excluding carboxylic acids is 1. The number of hydrogen-bond acceptors (Lipinski definition) is 4. The molecule has 25 heavy (non-hydrogen) atoms. The van der Waals surface area contributed by atoms with Gasteiger partial charge in [-0.3, -0.25) is 4.79 Å². The average molecular weight is 342 g/mol. The molecule has 1 amide bonds. The number of aryl methyl sites for hydroxylation is 1. The molecule has 0 bridgehead atoms. The average Bonchev–Trinajstić information content (AvgIpc) is 3.38. The minimum atomic E-state index is -0.605. The molecule has 1 aliphatic carbocycles. The van der Waals surface area contributed by atoms with E-state index in [1.165, 1.54) is 0 Å². The molecule has 1 atom stereocenters. The van der Waals surface area contributed by atoms with Gasteiger partial charge in [-0.25, -0.2) is 9.67 Å². The SMILES string of the molecule is Cc1nc(C(=O)NC(C)(CO)C2CC2)nn1-c1ccccc1C(C)C. The van der Waals surface area contributed by atoms with E-state index in [-0.39, 0.29) is 18.3 Å². The lowest BCUT2D eigenvalue weighted by molar-refractivity contribution is 0.0814. The number of hydrogen-bond donors (Lipinski definition) is 2.